The molecule has 0 bridgehead atoms. The third kappa shape index (κ3) is 2.22. The lowest BCUT2D eigenvalue weighted by Crippen LogP contribution is -2.38. The first kappa shape index (κ1) is 13.0. The average molecular weight is 266 g/mol. The van der Waals surface area contributed by atoms with Gasteiger partial charge in [0.15, 0.2) is 5.69 Å². The van der Waals surface area contributed by atoms with Gasteiger partial charge in [0.2, 0.25) is 10.0 Å². The second kappa shape index (κ2) is 5.02. The second-order valence-corrected chi connectivity index (χ2v) is 6.10. The third-order valence-corrected chi connectivity index (χ3v) is 5.02. The van der Waals surface area contributed by atoms with Crippen molar-refractivity contribution < 1.29 is 8.42 Å². The fourth-order valence-corrected chi connectivity index (χ4v) is 3.46. The van der Waals surface area contributed by atoms with Crippen LogP contribution in [0.3, 0.4) is 0 Å². The van der Waals surface area contributed by atoms with Gasteiger partial charge in [-0.3, -0.25) is 0 Å². The summed E-state index contributed by atoms with van der Waals surface area (Å²) in [6.45, 7) is 1.44. The van der Waals surface area contributed by atoms with Crippen LogP contribution >= 0.6 is 0 Å². The molecule has 1 aromatic heterocycles. The molecule has 1 aliphatic rings. The number of pyridine rings is 1. The molecule has 1 aromatic rings. The van der Waals surface area contributed by atoms with Gasteiger partial charge in [-0.05, 0) is 25.1 Å². The van der Waals surface area contributed by atoms with Crippen LogP contribution in [0, 0.1) is 11.3 Å². The summed E-state index contributed by atoms with van der Waals surface area (Å²) >= 11 is 0. The normalized spacial score (nSPS) is 19.9. The van der Waals surface area contributed by atoms with Crippen LogP contribution in [0.25, 0.3) is 0 Å². The minimum atomic E-state index is -3.66. The van der Waals surface area contributed by atoms with Crippen molar-refractivity contribution in [2.75, 3.05) is 20.1 Å². The first-order valence-electron chi connectivity index (χ1n) is 5.61. The van der Waals surface area contributed by atoms with E-state index in [2.05, 4.69) is 10.3 Å². The number of hydrogen-bond donors (Lipinski definition) is 1. The van der Waals surface area contributed by atoms with Crippen LogP contribution in [0.5, 0.6) is 0 Å². The number of nitrogens with one attached hydrogen (secondary N) is 1. The Kier molecular flexibility index (Phi) is 3.61. The lowest BCUT2D eigenvalue weighted by molar-refractivity contribution is 0.387. The van der Waals surface area contributed by atoms with Crippen LogP contribution in [-0.2, 0) is 10.0 Å². The number of rotatable bonds is 3. The van der Waals surface area contributed by atoms with Gasteiger partial charge in [0, 0.05) is 25.8 Å². The molecule has 6 nitrogen and oxygen atoms in total. The Morgan fingerprint density at radius 1 is 1.61 bits per heavy atom. The van der Waals surface area contributed by atoms with E-state index in [9.17, 15) is 8.42 Å². The van der Waals surface area contributed by atoms with Crippen molar-refractivity contribution in [1.29, 1.82) is 5.26 Å². The highest BCUT2D eigenvalue weighted by molar-refractivity contribution is 7.89. The van der Waals surface area contributed by atoms with Gasteiger partial charge in [-0.15, -0.1) is 0 Å². The van der Waals surface area contributed by atoms with E-state index >= 15 is 0 Å². The quantitative estimate of drug-likeness (QED) is 0.828. The molecule has 1 saturated heterocycles. The Bertz CT molecular complexity index is 573. The summed E-state index contributed by atoms with van der Waals surface area (Å²) < 4.78 is 26.1. The van der Waals surface area contributed by atoms with Crippen LogP contribution in [-0.4, -0.2) is 43.9 Å². The van der Waals surface area contributed by atoms with E-state index in [1.54, 1.807) is 7.05 Å². The van der Waals surface area contributed by atoms with Gasteiger partial charge in [-0.25, -0.2) is 13.4 Å². The van der Waals surface area contributed by atoms with Gasteiger partial charge >= 0.3 is 0 Å². The number of sulfonamides is 1. The van der Waals surface area contributed by atoms with Crippen LogP contribution in [0.4, 0.5) is 0 Å². The molecule has 1 unspecified atom stereocenters. The van der Waals surface area contributed by atoms with Crippen molar-refractivity contribution >= 4 is 10.0 Å². The van der Waals surface area contributed by atoms with Gasteiger partial charge < -0.3 is 5.32 Å². The molecule has 2 rings (SSSR count). The van der Waals surface area contributed by atoms with E-state index in [-0.39, 0.29) is 16.6 Å². The van der Waals surface area contributed by atoms with Gasteiger partial charge in [-0.2, -0.15) is 9.57 Å². The Balaban J connectivity index is 2.39. The third-order valence-electron chi connectivity index (χ3n) is 3.08. The SMILES string of the molecule is CN(C1CCNC1)S(=O)(=O)c1cccnc1C#N. The van der Waals surface area contributed by atoms with Crippen LogP contribution in [0.2, 0.25) is 0 Å². The number of nitriles is 1. The minimum Gasteiger partial charge on any atom is -0.315 e. The molecule has 1 N–H and O–H groups in total. The Morgan fingerprint density at radius 3 is 3.00 bits per heavy atom. The summed E-state index contributed by atoms with van der Waals surface area (Å²) in [5.74, 6) is 0. The first-order chi connectivity index (χ1) is 8.57. The molecular weight excluding hydrogens is 252 g/mol. The van der Waals surface area contributed by atoms with E-state index in [1.165, 1.54) is 22.6 Å². The van der Waals surface area contributed by atoms with Gasteiger partial charge in [0.05, 0.1) is 0 Å². The number of nitrogens with zero attached hydrogens (tertiary/aromatic N) is 3. The summed E-state index contributed by atoms with van der Waals surface area (Å²) in [6.07, 6.45) is 2.19. The maximum Gasteiger partial charge on any atom is 0.246 e. The molecule has 0 radical (unpaired) electrons. The zero-order valence-electron chi connectivity index (χ0n) is 10.00. The zero-order valence-corrected chi connectivity index (χ0v) is 10.8. The molecular formula is C11H14N4O2S. The zero-order chi connectivity index (χ0) is 13.2. The molecule has 2 heterocycles. The molecule has 0 amide bonds. The van der Waals surface area contributed by atoms with E-state index in [4.69, 9.17) is 5.26 Å². The Labute approximate surface area is 106 Å². The molecule has 7 heteroatoms. The summed E-state index contributed by atoms with van der Waals surface area (Å²) in [5.41, 5.74) is -0.0599. The number of aromatic nitrogens is 1. The van der Waals surface area contributed by atoms with Crippen molar-refractivity contribution in [1.82, 2.24) is 14.6 Å². The average Bonchev–Trinajstić information content (AvgIpc) is 2.91. The van der Waals surface area contributed by atoms with Crippen molar-refractivity contribution in [3.05, 3.63) is 24.0 Å². The molecule has 18 heavy (non-hydrogen) atoms. The predicted molar refractivity (Wildman–Crippen MR) is 65.2 cm³/mol. The minimum absolute atomic E-state index is 0.0260. The van der Waals surface area contributed by atoms with Gasteiger partial charge in [0.1, 0.15) is 11.0 Å². The summed E-state index contributed by atoms with van der Waals surface area (Å²) in [5, 5.41) is 12.0. The Morgan fingerprint density at radius 2 is 2.39 bits per heavy atom. The first-order valence-corrected chi connectivity index (χ1v) is 7.05. The van der Waals surface area contributed by atoms with E-state index in [0.717, 1.165) is 13.0 Å². The van der Waals surface area contributed by atoms with E-state index in [0.29, 0.717) is 6.54 Å². The van der Waals surface area contributed by atoms with E-state index < -0.39 is 10.0 Å². The largest absolute Gasteiger partial charge is 0.315 e. The monoisotopic (exact) mass is 266 g/mol. The molecule has 0 aliphatic carbocycles. The van der Waals surface area contributed by atoms with Crippen molar-refractivity contribution in [3.8, 4) is 6.07 Å². The van der Waals surface area contributed by atoms with E-state index in [1.807, 2.05) is 6.07 Å². The summed E-state index contributed by atoms with van der Waals surface area (Å²) in [6, 6.07) is 4.69. The van der Waals surface area contributed by atoms with Crippen molar-refractivity contribution in [2.45, 2.75) is 17.4 Å². The molecule has 0 saturated carbocycles. The van der Waals surface area contributed by atoms with Crippen LogP contribution in [0.1, 0.15) is 12.1 Å². The lowest BCUT2D eigenvalue weighted by atomic mass is 10.3. The maximum atomic E-state index is 12.4. The fourth-order valence-electron chi connectivity index (χ4n) is 1.98. The van der Waals surface area contributed by atoms with Gasteiger partial charge in [-0.1, -0.05) is 0 Å². The van der Waals surface area contributed by atoms with Crippen molar-refractivity contribution in [2.24, 2.45) is 0 Å². The molecule has 1 fully saturated rings. The number of likely N-dealkylation sites (N-methyl/N-ethyl adjacent to an activating group) is 1. The topological polar surface area (TPSA) is 86.1 Å². The van der Waals surface area contributed by atoms with Crippen LogP contribution < -0.4 is 5.32 Å². The lowest BCUT2D eigenvalue weighted by Gasteiger charge is -2.23. The number of hydrogen-bond acceptors (Lipinski definition) is 5. The summed E-state index contributed by atoms with van der Waals surface area (Å²) in [7, 11) is -2.11. The smallest absolute Gasteiger partial charge is 0.246 e. The molecule has 1 aliphatic heterocycles. The highest BCUT2D eigenvalue weighted by atomic mass is 32.2. The standard InChI is InChI=1S/C11H14N4O2S/c1-15(9-4-6-13-8-9)18(16,17)11-3-2-5-14-10(11)7-12/h2-3,5,9,13H,4,6,8H2,1H3. The fraction of sp³-hybridized carbons (Fsp3) is 0.455. The van der Waals surface area contributed by atoms with Crippen LogP contribution in [0.15, 0.2) is 23.2 Å². The predicted octanol–water partition coefficient (Wildman–Crippen LogP) is -0.0643. The Hall–Kier alpha value is -1.49. The molecule has 0 aromatic carbocycles. The highest BCUT2D eigenvalue weighted by Gasteiger charge is 2.31. The second-order valence-electron chi connectivity index (χ2n) is 4.13. The maximum absolute atomic E-state index is 12.4. The highest BCUT2D eigenvalue weighted by Crippen LogP contribution is 2.20. The van der Waals surface area contributed by atoms with Crippen molar-refractivity contribution in [3.63, 3.8) is 0 Å². The molecule has 1 atom stereocenters. The molecule has 96 valence electrons. The summed E-state index contributed by atoms with van der Waals surface area (Å²) in [4.78, 5) is 3.76. The van der Waals surface area contributed by atoms with Gasteiger partial charge in [0.25, 0.3) is 0 Å². The molecule has 0 spiro atoms.